The van der Waals surface area contributed by atoms with Gasteiger partial charge in [0.2, 0.25) is 5.91 Å². The number of carbonyl (C=O) groups is 3. The van der Waals surface area contributed by atoms with E-state index in [1.807, 2.05) is 18.2 Å². The molecule has 0 bridgehead atoms. The average Bonchev–Trinajstić information content (AvgIpc) is 2.55. The van der Waals surface area contributed by atoms with Crippen LogP contribution in [0.25, 0.3) is 0 Å². The van der Waals surface area contributed by atoms with Crippen molar-refractivity contribution in [1.29, 1.82) is 0 Å². The zero-order valence-electron chi connectivity index (χ0n) is 12.9. The third kappa shape index (κ3) is 6.79. The Kier molecular flexibility index (Phi) is 7.55. The van der Waals surface area contributed by atoms with Crippen LogP contribution in [0.15, 0.2) is 30.3 Å². The maximum absolute atomic E-state index is 11.7. The lowest BCUT2D eigenvalue weighted by Crippen LogP contribution is -2.51. The lowest BCUT2D eigenvalue weighted by molar-refractivity contribution is -0.147. The van der Waals surface area contributed by atoms with Crippen LogP contribution in [0.5, 0.6) is 0 Å². The Morgan fingerprint density at radius 1 is 1.22 bits per heavy atom. The summed E-state index contributed by atoms with van der Waals surface area (Å²) in [7, 11) is 1.14. The molecule has 1 aromatic carbocycles. The van der Waals surface area contributed by atoms with Gasteiger partial charge in [0.15, 0.2) is 6.04 Å². The fraction of sp³-hybridized carbons (Fsp3) is 0.400. The predicted octanol–water partition coefficient (Wildman–Crippen LogP) is -0.0486. The van der Waals surface area contributed by atoms with Gasteiger partial charge in [-0.1, -0.05) is 30.3 Å². The van der Waals surface area contributed by atoms with Crippen LogP contribution in [0.4, 0.5) is 4.79 Å². The van der Waals surface area contributed by atoms with Crippen molar-refractivity contribution >= 4 is 18.0 Å². The first-order valence-corrected chi connectivity index (χ1v) is 6.94. The molecule has 0 aliphatic rings. The topological polar surface area (TPSA) is 114 Å². The van der Waals surface area contributed by atoms with Gasteiger partial charge in [0.05, 0.1) is 13.2 Å². The lowest BCUT2D eigenvalue weighted by atomic mass is 10.2. The number of benzene rings is 1. The van der Waals surface area contributed by atoms with Crippen molar-refractivity contribution in [3.63, 3.8) is 0 Å². The number of esters is 1. The summed E-state index contributed by atoms with van der Waals surface area (Å²) >= 11 is 0. The van der Waals surface area contributed by atoms with Crippen LogP contribution in [-0.4, -0.2) is 48.9 Å². The summed E-state index contributed by atoms with van der Waals surface area (Å²) in [5, 5.41) is 13.9. The molecule has 1 aromatic rings. The second-order valence-corrected chi connectivity index (χ2v) is 4.72. The van der Waals surface area contributed by atoms with E-state index in [1.54, 1.807) is 12.1 Å². The molecule has 0 saturated heterocycles. The second-order valence-electron chi connectivity index (χ2n) is 4.72. The molecule has 0 saturated carbocycles. The number of carbonyl (C=O) groups excluding carboxylic acids is 3. The number of methoxy groups -OCH3 is 1. The minimum atomic E-state index is -1.20. The maximum atomic E-state index is 11.7. The molecule has 0 unspecified atom stereocenters. The van der Waals surface area contributed by atoms with Gasteiger partial charge in [0.25, 0.3) is 0 Å². The molecule has 2 atom stereocenters. The highest BCUT2D eigenvalue weighted by molar-refractivity contribution is 5.87. The van der Waals surface area contributed by atoms with Crippen LogP contribution in [0.3, 0.4) is 0 Å². The summed E-state index contributed by atoms with van der Waals surface area (Å²) in [6, 6.07) is 7.86. The van der Waals surface area contributed by atoms with E-state index in [4.69, 9.17) is 4.74 Å². The molecule has 0 radical (unpaired) electrons. The fourth-order valence-electron chi connectivity index (χ4n) is 1.65. The molecule has 8 nitrogen and oxygen atoms in total. The van der Waals surface area contributed by atoms with E-state index in [0.29, 0.717) is 0 Å². The highest BCUT2D eigenvalue weighted by Gasteiger charge is 2.26. The second kappa shape index (κ2) is 9.42. The Balaban J connectivity index is 2.34. The van der Waals surface area contributed by atoms with Crippen LogP contribution in [-0.2, 0) is 25.7 Å². The molecular formula is C15H20N2O6. The first-order chi connectivity index (χ1) is 10.9. The van der Waals surface area contributed by atoms with Crippen molar-refractivity contribution in [3.8, 4) is 0 Å². The van der Waals surface area contributed by atoms with Gasteiger partial charge in [0, 0.05) is 0 Å². The Morgan fingerprint density at radius 2 is 1.87 bits per heavy atom. The summed E-state index contributed by atoms with van der Waals surface area (Å²) in [5.74, 6) is -1.43. The van der Waals surface area contributed by atoms with Crippen molar-refractivity contribution in [2.75, 3.05) is 13.7 Å². The van der Waals surface area contributed by atoms with Gasteiger partial charge in [-0.2, -0.15) is 0 Å². The number of hydrogen-bond donors (Lipinski definition) is 3. The molecule has 0 aromatic heterocycles. The standard InChI is InChI=1S/C15H20N2O6/c1-10(18)13(14(20)22-2)17-12(19)8-16-15(21)23-9-11-6-4-3-5-7-11/h3-7,10,13,18H,8-9H2,1-2H3,(H,16,21)(H,17,19)/t10-,13-/m1/s1. The van der Waals surface area contributed by atoms with Crippen molar-refractivity contribution in [1.82, 2.24) is 10.6 Å². The zero-order valence-corrected chi connectivity index (χ0v) is 12.9. The van der Waals surface area contributed by atoms with Crippen molar-refractivity contribution < 1.29 is 29.0 Å². The van der Waals surface area contributed by atoms with Gasteiger partial charge < -0.3 is 25.2 Å². The van der Waals surface area contributed by atoms with Crippen LogP contribution >= 0.6 is 0 Å². The Bertz CT molecular complexity index is 532. The molecule has 3 N–H and O–H groups in total. The van der Waals surface area contributed by atoms with E-state index in [-0.39, 0.29) is 6.61 Å². The third-order valence-electron chi connectivity index (χ3n) is 2.86. The van der Waals surface area contributed by atoms with Crippen LogP contribution < -0.4 is 10.6 Å². The largest absolute Gasteiger partial charge is 0.467 e. The molecular weight excluding hydrogens is 304 g/mol. The number of nitrogens with one attached hydrogen (secondary N) is 2. The van der Waals surface area contributed by atoms with E-state index in [9.17, 15) is 19.5 Å². The van der Waals surface area contributed by atoms with Gasteiger partial charge in [-0.15, -0.1) is 0 Å². The van der Waals surface area contributed by atoms with Crippen molar-refractivity contribution in [2.24, 2.45) is 0 Å². The summed E-state index contributed by atoms with van der Waals surface area (Å²) in [6.07, 6.45) is -1.90. The highest BCUT2D eigenvalue weighted by Crippen LogP contribution is 2.00. The van der Waals surface area contributed by atoms with E-state index in [0.717, 1.165) is 12.7 Å². The van der Waals surface area contributed by atoms with Crippen LogP contribution in [0.2, 0.25) is 0 Å². The Morgan fingerprint density at radius 3 is 2.43 bits per heavy atom. The zero-order chi connectivity index (χ0) is 17.2. The van der Waals surface area contributed by atoms with Crippen molar-refractivity contribution in [3.05, 3.63) is 35.9 Å². The summed E-state index contributed by atoms with van der Waals surface area (Å²) in [5.41, 5.74) is 0.812. The first kappa shape index (κ1) is 18.4. The Hall–Kier alpha value is -2.61. The molecule has 0 heterocycles. The summed E-state index contributed by atoms with van der Waals surface area (Å²) in [6.45, 7) is 1.02. The number of alkyl carbamates (subject to hydrolysis) is 1. The first-order valence-electron chi connectivity index (χ1n) is 6.94. The molecule has 8 heteroatoms. The summed E-state index contributed by atoms with van der Waals surface area (Å²) < 4.78 is 9.39. The van der Waals surface area contributed by atoms with Gasteiger partial charge >= 0.3 is 12.1 Å². The van der Waals surface area contributed by atoms with Gasteiger partial charge in [0.1, 0.15) is 13.2 Å². The third-order valence-corrected chi connectivity index (χ3v) is 2.86. The van der Waals surface area contributed by atoms with E-state index < -0.39 is 36.7 Å². The van der Waals surface area contributed by atoms with Gasteiger partial charge in [-0.05, 0) is 12.5 Å². The number of rotatable bonds is 7. The molecule has 23 heavy (non-hydrogen) atoms. The quantitative estimate of drug-likeness (QED) is 0.606. The molecule has 2 amide bonds. The summed E-state index contributed by atoms with van der Waals surface area (Å²) in [4.78, 5) is 34.5. The van der Waals surface area contributed by atoms with Crippen LogP contribution in [0.1, 0.15) is 12.5 Å². The van der Waals surface area contributed by atoms with Gasteiger partial charge in [-0.25, -0.2) is 9.59 Å². The molecule has 0 fully saturated rings. The van der Waals surface area contributed by atoms with E-state index >= 15 is 0 Å². The smallest absolute Gasteiger partial charge is 0.407 e. The fourth-order valence-corrected chi connectivity index (χ4v) is 1.65. The predicted molar refractivity (Wildman–Crippen MR) is 80.3 cm³/mol. The number of aliphatic hydroxyl groups is 1. The van der Waals surface area contributed by atoms with Crippen molar-refractivity contribution in [2.45, 2.75) is 25.7 Å². The maximum Gasteiger partial charge on any atom is 0.407 e. The van der Waals surface area contributed by atoms with Gasteiger partial charge in [-0.3, -0.25) is 4.79 Å². The monoisotopic (exact) mass is 324 g/mol. The number of ether oxygens (including phenoxy) is 2. The molecule has 0 aliphatic carbocycles. The number of amides is 2. The number of hydrogen-bond acceptors (Lipinski definition) is 6. The highest BCUT2D eigenvalue weighted by atomic mass is 16.5. The molecule has 0 spiro atoms. The average molecular weight is 324 g/mol. The van der Waals surface area contributed by atoms with E-state index in [1.165, 1.54) is 6.92 Å². The molecule has 0 aliphatic heterocycles. The SMILES string of the molecule is COC(=O)[C@H](NC(=O)CNC(=O)OCc1ccccc1)[C@@H](C)O. The normalized spacial score (nSPS) is 12.7. The van der Waals surface area contributed by atoms with Crippen LogP contribution in [0, 0.1) is 0 Å². The molecule has 1 rings (SSSR count). The Labute approximate surface area is 133 Å². The molecule has 126 valence electrons. The number of aliphatic hydroxyl groups excluding tert-OH is 1. The minimum Gasteiger partial charge on any atom is -0.467 e. The minimum absolute atomic E-state index is 0.0761. The van der Waals surface area contributed by atoms with E-state index in [2.05, 4.69) is 15.4 Å². The lowest BCUT2D eigenvalue weighted by Gasteiger charge is -2.18.